The number of rotatable bonds is 10. The van der Waals surface area contributed by atoms with Gasteiger partial charge >= 0.3 is 0 Å². The first-order chi connectivity index (χ1) is 17.3. The van der Waals surface area contributed by atoms with Crippen LogP contribution in [0.25, 0.3) is 10.2 Å². The van der Waals surface area contributed by atoms with Crippen molar-refractivity contribution in [2.24, 2.45) is 5.73 Å². The number of amidine groups is 1. The summed E-state index contributed by atoms with van der Waals surface area (Å²) in [5.74, 6) is -0.560. The summed E-state index contributed by atoms with van der Waals surface area (Å²) in [5.41, 5.74) is 7.89. The van der Waals surface area contributed by atoms with Crippen molar-refractivity contribution in [3.8, 4) is 0 Å². The van der Waals surface area contributed by atoms with Gasteiger partial charge in [0.2, 0.25) is 10.0 Å². The Hall–Kier alpha value is -3.64. The number of aliphatic hydroxyl groups excluding tert-OH is 1. The molecular formula is C25H25N5O4S2. The van der Waals surface area contributed by atoms with Gasteiger partial charge in [-0.15, -0.1) is 11.3 Å². The third-order valence-electron chi connectivity index (χ3n) is 5.39. The zero-order valence-corrected chi connectivity index (χ0v) is 20.8. The SMILES string of the molecule is N=C(N)c1cccc(C[C@@H](NS(=O)(=O)c2cccc(C(=O)NCCO)c2)c2nc3ccccc3s2)c1. The molecule has 6 N–H and O–H groups in total. The number of carbonyl (C=O) groups excluding carboxylic acids is 1. The van der Waals surface area contributed by atoms with Gasteiger partial charge in [0.15, 0.2) is 0 Å². The summed E-state index contributed by atoms with van der Waals surface area (Å²) in [4.78, 5) is 16.9. The van der Waals surface area contributed by atoms with Crippen LogP contribution in [0.1, 0.15) is 32.5 Å². The van der Waals surface area contributed by atoms with Crippen molar-refractivity contribution in [2.75, 3.05) is 13.2 Å². The topological polar surface area (TPSA) is 158 Å². The molecule has 0 saturated carbocycles. The molecule has 186 valence electrons. The first kappa shape index (κ1) is 25.5. The van der Waals surface area contributed by atoms with Gasteiger partial charge in [0.05, 0.1) is 27.8 Å². The Labute approximate surface area is 212 Å². The maximum Gasteiger partial charge on any atom is 0.251 e. The second kappa shape index (κ2) is 11.0. The Morgan fingerprint density at radius 3 is 2.56 bits per heavy atom. The molecule has 11 heteroatoms. The monoisotopic (exact) mass is 523 g/mol. The van der Waals surface area contributed by atoms with E-state index in [1.807, 2.05) is 30.3 Å². The molecule has 0 unspecified atom stereocenters. The number of aromatic nitrogens is 1. The Kier molecular flexibility index (Phi) is 7.75. The number of nitrogens with one attached hydrogen (secondary N) is 3. The molecule has 1 heterocycles. The van der Waals surface area contributed by atoms with Crippen LogP contribution in [0.2, 0.25) is 0 Å². The van der Waals surface area contributed by atoms with Crippen LogP contribution >= 0.6 is 11.3 Å². The molecule has 36 heavy (non-hydrogen) atoms. The fraction of sp³-hybridized carbons (Fsp3) is 0.160. The minimum Gasteiger partial charge on any atom is -0.395 e. The lowest BCUT2D eigenvalue weighted by atomic mass is 10.0. The van der Waals surface area contributed by atoms with Gasteiger partial charge < -0.3 is 16.2 Å². The number of amides is 1. The van der Waals surface area contributed by atoms with Crippen LogP contribution in [-0.4, -0.2) is 43.4 Å². The predicted octanol–water partition coefficient (Wildman–Crippen LogP) is 2.56. The van der Waals surface area contributed by atoms with E-state index in [0.717, 1.165) is 15.8 Å². The molecule has 0 radical (unpaired) electrons. The number of carbonyl (C=O) groups is 1. The van der Waals surface area contributed by atoms with E-state index < -0.39 is 22.0 Å². The van der Waals surface area contributed by atoms with E-state index in [1.54, 1.807) is 18.2 Å². The summed E-state index contributed by atoms with van der Waals surface area (Å²) in [6.45, 7) is -0.160. The number of para-hydroxylation sites is 1. The average molecular weight is 524 g/mol. The average Bonchev–Trinajstić information content (AvgIpc) is 3.31. The molecular weight excluding hydrogens is 498 g/mol. The third-order valence-corrected chi connectivity index (χ3v) is 8.01. The van der Waals surface area contributed by atoms with Gasteiger partial charge in [-0.05, 0) is 48.4 Å². The highest BCUT2D eigenvalue weighted by atomic mass is 32.2. The fourth-order valence-electron chi connectivity index (χ4n) is 3.65. The number of aliphatic hydroxyl groups is 1. The third kappa shape index (κ3) is 5.94. The molecule has 1 amide bonds. The Balaban J connectivity index is 1.68. The lowest BCUT2D eigenvalue weighted by Crippen LogP contribution is -2.31. The Bertz CT molecular complexity index is 1480. The van der Waals surface area contributed by atoms with E-state index in [-0.39, 0.29) is 35.9 Å². The largest absolute Gasteiger partial charge is 0.395 e. The maximum absolute atomic E-state index is 13.4. The highest BCUT2D eigenvalue weighted by Crippen LogP contribution is 2.30. The second-order valence-electron chi connectivity index (χ2n) is 8.02. The van der Waals surface area contributed by atoms with E-state index in [2.05, 4.69) is 15.0 Å². The number of hydrogen-bond donors (Lipinski definition) is 5. The van der Waals surface area contributed by atoms with Gasteiger partial charge in [-0.25, -0.2) is 18.1 Å². The van der Waals surface area contributed by atoms with Crippen molar-refractivity contribution in [3.05, 3.63) is 94.5 Å². The lowest BCUT2D eigenvalue weighted by molar-refractivity contribution is 0.0944. The molecule has 4 rings (SSSR count). The normalized spacial score (nSPS) is 12.4. The van der Waals surface area contributed by atoms with Crippen LogP contribution < -0.4 is 15.8 Å². The van der Waals surface area contributed by atoms with Gasteiger partial charge in [0.1, 0.15) is 10.8 Å². The highest BCUT2D eigenvalue weighted by Gasteiger charge is 2.25. The Morgan fingerprint density at radius 2 is 1.81 bits per heavy atom. The first-order valence-corrected chi connectivity index (χ1v) is 13.4. The molecule has 1 aromatic heterocycles. The van der Waals surface area contributed by atoms with Gasteiger partial charge in [0.25, 0.3) is 5.91 Å². The van der Waals surface area contributed by atoms with Crippen molar-refractivity contribution in [2.45, 2.75) is 17.4 Å². The van der Waals surface area contributed by atoms with Crippen molar-refractivity contribution in [1.82, 2.24) is 15.0 Å². The van der Waals surface area contributed by atoms with Crippen LogP contribution in [0.5, 0.6) is 0 Å². The number of nitrogen functional groups attached to an aromatic ring is 1. The zero-order chi connectivity index (χ0) is 25.7. The lowest BCUT2D eigenvalue weighted by Gasteiger charge is -2.18. The van der Waals surface area contributed by atoms with Crippen molar-refractivity contribution in [1.29, 1.82) is 5.41 Å². The molecule has 0 aliphatic carbocycles. The van der Waals surface area contributed by atoms with Crippen molar-refractivity contribution < 1.29 is 18.3 Å². The van der Waals surface area contributed by atoms with Crippen LogP contribution in [-0.2, 0) is 16.4 Å². The maximum atomic E-state index is 13.4. The smallest absolute Gasteiger partial charge is 0.251 e. The molecule has 4 aromatic rings. The minimum atomic E-state index is -4.05. The molecule has 9 nitrogen and oxygen atoms in total. The van der Waals surface area contributed by atoms with Gasteiger partial charge in [-0.2, -0.15) is 0 Å². The number of fused-ring (bicyclic) bond motifs is 1. The van der Waals surface area contributed by atoms with Crippen LogP contribution in [0.15, 0.2) is 77.7 Å². The number of benzene rings is 3. The standard InChI is InChI=1S/C25H25N5O4S2/c26-23(27)17-6-3-5-16(13-17)14-21(25-29-20-9-1-2-10-22(20)35-25)30-36(33,34)19-8-4-7-18(15-19)24(32)28-11-12-31/h1-10,13,15,21,30-31H,11-12,14H2,(H3,26,27)(H,28,32)/t21-/m1/s1. The summed E-state index contributed by atoms with van der Waals surface area (Å²) in [6.07, 6.45) is 0.275. The minimum absolute atomic E-state index is 0.0626. The zero-order valence-electron chi connectivity index (χ0n) is 19.1. The predicted molar refractivity (Wildman–Crippen MR) is 140 cm³/mol. The summed E-state index contributed by atoms with van der Waals surface area (Å²) >= 11 is 1.40. The summed E-state index contributed by atoms with van der Waals surface area (Å²) in [6, 6.07) is 19.6. The molecule has 0 bridgehead atoms. The van der Waals surface area contributed by atoms with E-state index in [1.165, 1.54) is 35.6 Å². The number of sulfonamides is 1. The van der Waals surface area contributed by atoms with Crippen LogP contribution in [0, 0.1) is 5.41 Å². The van der Waals surface area contributed by atoms with Crippen molar-refractivity contribution >= 4 is 43.3 Å². The van der Waals surface area contributed by atoms with Gasteiger partial charge in [0, 0.05) is 17.7 Å². The fourth-order valence-corrected chi connectivity index (χ4v) is 5.99. The number of nitrogens with zero attached hydrogens (tertiary/aromatic N) is 1. The summed E-state index contributed by atoms with van der Waals surface area (Å²) < 4.78 is 30.5. The quantitative estimate of drug-likeness (QED) is 0.159. The molecule has 0 saturated heterocycles. The molecule has 0 aliphatic heterocycles. The first-order valence-electron chi connectivity index (χ1n) is 11.1. The number of hydrogen-bond acceptors (Lipinski definition) is 7. The molecule has 1 atom stereocenters. The van der Waals surface area contributed by atoms with E-state index in [9.17, 15) is 13.2 Å². The van der Waals surface area contributed by atoms with Crippen LogP contribution in [0.4, 0.5) is 0 Å². The van der Waals surface area contributed by atoms with E-state index >= 15 is 0 Å². The molecule has 0 spiro atoms. The Morgan fingerprint density at radius 1 is 1.06 bits per heavy atom. The summed E-state index contributed by atoms with van der Waals surface area (Å²) in [5, 5.41) is 19.7. The van der Waals surface area contributed by atoms with Gasteiger partial charge in [-0.1, -0.05) is 36.4 Å². The molecule has 3 aromatic carbocycles. The van der Waals surface area contributed by atoms with Crippen molar-refractivity contribution in [3.63, 3.8) is 0 Å². The van der Waals surface area contributed by atoms with Gasteiger partial charge in [-0.3, -0.25) is 10.2 Å². The summed E-state index contributed by atoms with van der Waals surface area (Å²) in [7, 11) is -4.05. The molecule has 0 aliphatic rings. The van der Waals surface area contributed by atoms with E-state index in [4.69, 9.17) is 16.2 Å². The second-order valence-corrected chi connectivity index (χ2v) is 10.8. The number of nitrogens with two attached hydrogens (primary N) is 1. The molecule has 0 fully saturated rings. The number of thiazole rings is 1. The highest BCUT2D eigenvalue weighted by molar-refractivity contribution is 7.89. The van der Waals surface area contributed by atoms with Crippen LogP contribution in [0.3, 0.4) is 0 Å². The van der Waals surface area contributed by atoms with E-state index in [0.29, 0.717) is 10.6 Å².